The Hall–Kier alpha value is -3.15. The van der Waals surface area contributed by atoms with Crippen molar-refractivity contribution in [2.24, 2.45) is 0 Å². The van der Waals surface area contributed by atoms with Crippen molar-refractivity contribution in [3.05, 3.63) is 65.6 Å². The van der Waals surface area contributed by atoms with E-state index in [-0.39, 0.29) is 17.6 Å². The number of rotatable bonds is 4. The Morgan fingerprint density at radius 1 is 1.24 bits per heavy atom. The highest BCUT2D eigenvalue weighted by atomic mass is 16.3. The number of hydrogen-bond acceptors (Lipinski definition) is 4. The minimum Gasteiger partial charge on any atom is -0.506 e. The molecule has 6 heteroatoms. The Kier molecular flexibility index (Phi) is 4.52. The normalized spacial score (nSPS) is 10.9. The molecule has 2 N–H and O–H groups in total. The Morgan fingerprint density at radius 3 is 2.72 bits per heavy atom. The molecular formula is C19H20N4O2. The lowest BCUT2D eigenvalue weighted by atomic mass is 10.1. The van der Waals surface area contributed by atoms with Gasteiger partial charge in [-0.05, 0) is 42.7 Å². The molecule has 0 spiro atoms. The fourth-order valence-corrected chi connectivity index (χ4v) is 2.69. The van der Waals surface area contributed by atoms with E-state index in [1.165, 1.54) is 6.20 Å². The van der Waals surface area contributed by atoms with E-state index in [1.54, 1.807) is 29.1 Å². The summed E-state index contributed by atoms with van der Waals surface area (Å²) in [4.78, 5) is 17.1. The highest BCUT2D eigenvalue weighted by Crippen LogP contribution is 2.27. The second kappa shape index (κ2) is 6.76. The van der Waals surface area contributed by atoms with Gasteiger partial charge >= 0.3 is 0 Å². The average molecular weight is 336 g/mol. The first-order valence-electron chi connectivity index (χ1n) is 8.07. The molecule has 0 saturated carbocycles. The molecule has 0 aliphatic heterocycles. The van der Waals surface area contributed by atoms with Crippen LogP contribution >= 0.6 is 0 Å². The minimum absolute atomic E-state index is 0.0298. The molecule has 1 aromatic carbocycles. The van der Waals surface area contributed by atoms with Gasteiger partial charge in [0, 0.05) is 6.20 Å². The van der Waals surface area contributed by atoms with Crippen molar-refractivity contribution >= 4 is 11.6 Å². The van der Waals surface area contributed by atoms with Crippen molar-refractivity contribution < 1.29 is 9.90 Å². The molecule has 0 aliphatic carbocycles. The molecule has 128 valence electrons. The maximum atomic E-state index is 12.8. The number of carbonyl (C=O) groups is 1. The second-order valence-corrected chi connectivity index (χ2v) is 6.17. The second-order valence-electron chi connectivity index (χ2n) is 6.17. The quantitative estimate of drug-likeness (QED) is 0.713. The zero-order chi connectivity index (χ0) is 18.0. The van der Waals surface area contributed by atoms with Crippen LogP contribution in [0.1, 0.15) is 41.4 Å². The van der Waals surface area contributed by atoms with Gasteiger partial charge in [0.1, 0.15) is 5.75 Å². The molecule has 0 saturated heterocycles. The number of benzene rings is 1. The summed E-state index contributed by atoms with van der Waals surface area (Å²) >= 11 is 0. The summed E-state index contributed by atoms with van der Waals surface area (Å²) < 4.78 is 1.68. The van der Waals surface area contributed by atoms with Crippen molar-refractivity contribution in [3.63, 3.8) is 0 Å². The monoisotopic (exact) mass is 336 g/mol. The summed E-state index contributed by atoms with van der Waals surface area (Å²) in [6.07, 6.45) is 3.22. The number of aromatic hydroxyl groups is 1. The molecule has 6 nitrogen and oxygen atoms in total. The molecule has 1 amide bonds. The van der Waals surface area contributed by atoms with E-state index in [9.17, 15) is 9.90 Å². The van der Waals surface area contributed by atoms with Crippen LogP contribution < -0.4 is 5.32 Å². The summed E-state index contributed by atoms with van der Waals surface area (Å²) in [5.74, 6) is 0.439. The molecule has 0 fully saturated rings. The van der Waals surface area contributed by atoms with Gasteiger partial charge in [-0.3, -0.25) is 4.79 Å². The van der Waals surface area contributed by atoms with Crippen LogP contribution in [-0.4, -0.2) is 25.8 Å². The maximum Gasteiger partial charge on any atom is 0.259 e. The van der Waals surface area contributed by atoms with Gasteiger partial charge in [0.05, 0.1) is 23.1 Å². The molecule has 2 aromatic heterocycles. The first-order valence-corrected chi connectivity index (χ1v) is 8.07. The lowest BCUT2D eigenvalue weighted by Gasteiger charge is -2.13. The predicted octanol–water partition coefficient (Wildman–Crippen LogP) is 3.66. The Bertz CT molecular complexity index is 901. The van der Waals surface area contributed by atoms with Gasteiger partial charge in [0.15, 0.2) is 5.82 Å². The van der Waals surface area contributed by atoms with Crippen molar-refractivity contribution in [2.45, 2.75) is 26.7 Å². The van der Waals surface area contributed by atoms with Crippen molar-refractivity contribution in [1.82, 2.24) is 14.8 Å². The van der Waals surface area contributed by atoms with E-state index in [4.69, 9.17) is 0 Å². The summed E-state index contributed by atoms with van der Waals surface area (Å²) in [7, 11) is 0. The number of aryl methyl sites for hydroxylation is 1. The molecular weight excluding hydrogens is 316 g/mol. The smallest absolute Gasteiger partial charge is 0.259 e. The minimum atomic E-state index is -0.313. The molecule has 25 heavy (non-hydrogen) atoms. The van der Waals surface area contributed by atoms with Crippen LogP contribution in [-0.2, 0) is 0 Å². The number of pyridine rings is 1. The lowest BCUT2D eigenvalue weighted by Crippen LogP contribution is -2.16. The highest BCUT2D eigenvalue weighted by molar-refractivity contribution is 6.05. The van der Waals surface area contributed by atoms with E-state index in [0.29, 0.717) is 17.1 Å². The van der Waals surface area contributed by atoms with E-state index in [0.717, 1.165) is 11.3 Å². The molecule has 0 bridgehead atoms. The number of hydrogen-bond donors (Lipinski definition) is 2. The van der Waals surface area contributed by atoms with Gasteiger partial charge in [-0.1, -0.05) is 26.0 Å². The molecule has 0 atom stereocenters. The molecule has 3 rings (SSSR count). The number of carbonyl (C=O) groups excluding carboxylic acids is 1. The number of phenolic OH excluding ortho intramolecular Hbond substituents is 1. The van der Waals surface area contributed by atoms with Gasteiger partial charge < -0.3 is 10.4 Å². The molecule has 2 heterocycles. The van der Waals surface area contributed by atoms with Crippen molar-refractivity contribution in [3.8, 4) is 11.6 Å². The number of nitrogens with one attached hydrogen (secondary N) is 1. The topological polar surface area (TPSA) is 80.0 Å². The highest BCUT2D eigenvalue weighted by Gasteiger charge is 2.22. The SMILES string of the molecule is Cc1ccc(O)c(NC(=O)c2cnn(-c3ccccn3)c2C(C)C)c1. The fourth-order valence-electron chi connectivity index (χ4n) is 2.69. The van der Waals surface area contributed by atoms with Gasteiger partial charge in [-0.15, -0.1) is 0 Å². The Balaban J connectivity index is 1.98. The number of phenols is 1. The first-order chi connectivity index (χ1) is 12.0. The van der Waals surface area contributed by atoms with Gasteiger partial charge in [-0.25, -0.2) is 9.67 Å². The van der Waals surface area contributed by atoms with E-state index < -0.39 is 0 Å². The van der Waals surface area contributed by atoms with Gasteiger partial charge in [-0.2, -0.15) is 5.10 Å². The standard InChI is InChI=1S/C19H20N4O2/c1-12(2)18-14(11-21-23(18)17-6-4-5-9-20-17)19(25)22-15-10-13(3)7-8-16(15)24/h4-12,24H,1-3H3,(H,22,25). The van der Waals surface area contributed by atoms with Crippen LogP contribution in [0.15, 0.2) is 48.8 Å². The third-order valence-electron chi connectivity index (χ3n) is 3.86. The van der Waals surface area contributed by atoms with Crippen LogP contribution in [0, 0.1) is 6.92 Å². The number of amides is 1. The summed E-state index contributed by atoms with van der Waals surface area (Å²) in [5, 5.41) is 17.1. The summed E-state index contributed by atoms with van der Waals surface area (Å²) in [6.45, 7) is 5.89. The van der Waals surface area contributed by atoms with Crippen LogP contribution in [0.25, 0.3) is 5.82 Å². The van der Waals surface area contributed by atoms with Gasteiger partial charge in [0.25, 0.3) is 5.91 Å². The largest absolute Gasteiger partial charge is 0.506 e. The van der Waals surface area contributed by atoms with E-state index in [2.05, 4.69) is 15.4 Å². The fraction of sp³-hybridized carbons (Fsp3) is 0.211. The molecule has 0 unspecified atom stereocenters. The van der Waals surface area contributed by atoms with Crippen molar-refractivity contribution in [1.29, 1.82) is 0 Å². The lowest BCUT2D eigenvalue weighted by molar-refractivity contribution is 0.102. The van der Waals surface area contributed by atoms with E-state index in [1.807, 2.05) is 39.0 Å². The Morgan fingerprint density at radius 2 is 2.04 bits per heavy atom. The molecule has 0 radical (unpaired) electrons. The van der Waals surface area contributed by atoms with E-state index >= 15 is 0 Å². The molecule has 0 aliphatic rings. The number of aromatic nitrogens is 3. The zero-order valence-electron chi connectivity index (χ0n) is 14.4. The van der Waals surface area contributed by atoms with Crippen LogP contribution in [0.3, 0.4) is 0 Å². The third-order valence-corrected chi connectivity index (χ3v) is 3.86. The van der Waals surface area contributed by atoms with Crippen LogP contribution in [0.2, 0.25) is 0 Å². The Labute approximate surface area is 146 Å². The first kappa shape index (κ1) is 16.7. The number of anilines is 1. The zero-order valence-corrected chi connectivity index (χ0v) is 14.4. The average Bonchev–Trinajstić information content (AvgIpc) is 3.04. The predicted molar refractivity (Wildman–Crippen MR) is 96.2 cm³/mol. The maximum absolute atomic E-state index is 12.8. The number of nitrogens with zero attached hydrogens (tertiary/aromatic N) is 3. The molecule has 3 aromatic rings. The third kappa shape index (κ3) is 3.38. The summed E-state index contributed by atoms with van der Waals surface area (Å²) in [6, 6.07) is 10.6. The van der Waals surface area contributed by atoms with Crippen molar-refractivity contribution in [2.75, 3.05) is 5.32 Å². The summed E-state index contributed by atoms with van der Waals surface area (Å²) in [5.41, 5.74) is 2.55. The van der Waals surface area contributed by atoms with Gasteiger partial charge in [0.2, 0.25) is 0 Å². The van der Waals surface area contributed by atoms with Crippen LogP contribution in [0.4, 0.5) is 5.69 Å². The van der Waals surface area contributed by atoms with Crippen LogP contribution in [0.5, 0.6) is 5.75 Å².